The summed E-state index contributed by atoms with van der Waals surface area (Å²) in [5.41, 5.74) is -0.413. The van der Waals surface area contributed by atoms with Crippen molar-refractivity contribution >= 4 is 0 Å². The summed E-state index contributed by atoms with van der Waals surface area (Å²) in [6.07, 6.45) is 1.68. The molecular formula is C12H23N3O2. The summed E-state index contributed by atoms with van der Waals surface area (Å²) in [6, 6.07) is 0.0595. The van der Waals surface area contributed by atoms with E-state index in [1.165, 1.54) is 0 Å². The molecule has 5 heteroatoms. The lowest BCUT2D eigenvalue weighted by molar-refractivity contribution is -0.0583. The van der Waals surface area contributed by atoms with E-state index in [1.54, 1.807) is 0 Å². The molecule has 0 radical (unpaired) electrons. The first kappa shape index (κ1) is 14.1. The maximum Gasteiger partial charge on any atom is 0.243 e. The van der Waals surface area contributed by atoms with Crippen LogP contribution in [0.25, 0.3) is 0 Å². The van der Waals surface area contributed by atoms with Gasteiger partial charge in [-0.05, 0) is 33.7 Å². The van der Waals surface area contributed by atoms with Crippen molar-refractivity contribution in [3.05, 3.63) is 11.7 Å². The predicted molar refractivity (Wildman–Crippen MR) is 65.7 cm³/mol. The highest BCUT2D eigenvalue weighted by Gasteiger charge is 2.34. The number of hydrogen-bond acceptors (Lipinski definition) is 5. The Hall–Kier alpha value is -0.940. The number of hydrogen-bond donors (Lipinski definition) is 1. The van der Waals surface area contributed by atoms with Crippen LogP contribution in [0.4, 0.5) is 0 Å². The number of nitrogens with zero attached hydrogens (tertiary/aromatic N) is 2. The fraction of sp³-hybridized carbons (Fsp3) is 0.833. The number of ether oxygens (including phenoxy) is 1. The van der Waals surface area contributed by atoms with E-state index in [1.807, 2.05) is 20.9 Å². The Labute approximate surface area is 103 Å². The number of aromatic nitrogens is 2. The van der Waals surface area contributed by atoms with E-state index in [0.29, 0.717) is 18.3 Å². The van der Waals surface area contributed by atoms with Gasteiger partial charge in [0.15, 0.2) is 0 Å². The zero-order valence-corrected chi connectivity index (χ0v) is 11.4. The van der Waals surface area contributed by atoms with Crippen LogP contribution in [0.15, 0.2) is 4.52 Å². The third-order valence-corrected chi connectivity index (χ3v) is 3.22. The molecule has 5 nitrogen and oxygen atoms in total. The highest BCUT2D eigenvalue weighted by molar-refractivity contribution is 5.02. The summed E-state index contributed by atoms with van der Waals surface area (Å²) in [5, 5.41) is 7.14. The third kappa shape index (κ3) is 2.84. The van der Waals surface area contributed by atoms with Crippen LogP contribution in [0.5, 0.6) is 0 Å². The van der Waals surface area contributed by atoms with Gasteiger partial charge in [0, 0.05) is 6.61 Å². The summed E-state index contributed by atoms with van der Waals surface area (Å²) in [4.78, 5) is 4.45. The maximum atomic E-state index is 5.84. The van der Waals surface area contributed by atoms with Crippen molar-refractivity contribution in [2.24, 2.45) is 0 Å². The Bertz CT molecular complexity index is 334. The van der Waals surface area contributed by atoms with Crippen molar-refractivity contribution in [1.29, 1.82) is 0 Å². The molecule has 1 aromatic rings. The second-order valence-corrected chi connectivity index (χ2v) is 4.10. The second kappa shape index (κ2) is 6.12. The number of rotatable bonds is 7. The lowest BCUT2D eigenvalue weighted by Crippen LogP contribution is -2.30. The highest BCUT2D eigenvalue weighted by atomic mass is 16.5. The van der Waals surface area contributed by atoms with Gasteiger partial charge in [-0.15, -0.1) is 0 Å². The molecule has 1 atom stereocenters. The van der Waals surface area contributed by atoms with E-state index in [4.69, 9.17) is 9.26 Å². The SMILES string of the molecule is CCOC(CC)(CC)c1noc(C(C)NC)n1. The predicted octanol–water partition coefficient (Wildman–Crippen LogP) is 2.40. The van der Waals surface area contributed by atoms with Gasteiger partial charge in [-0.25, -0.2) is 0 Å². The Morgan fingerprint density at radius 1 is 1.35 bits per heavy atom. The van der Waals surface area contributed by atoms with Crippen molar-refractivity contribution in [3.8, 4) is 0 Å². The molecule has 1 N–H and O–H groups in total. The monoisotopic (exact) mass is 241 g/mol. The van der Waals surface area contributed by atoms with E-state index >= 15 is 0 Å². The Balaban J connectivity index is 2.99. The molecule has 0 aliphatic carbocycles. The Morgan fingerprint density at radius 2 is 2.00 bits per heavy atom. The quantitative estimate of drug-likeness (QED) is 0.794. The molecule has 0 saturated heterocycles. The first-order chi connectivity index (χ1) is 8.13. The van der Waals surface area contributed by atoms with Crippen molar-refractivity contribution < 1.29 is 9.26 Å². The molecule has 1 rings (SSSR count). The molecular weight excluding hydrogens is 218 g/mol. The average molecular weight is 241 g/mol. The zero-order chi connectivity index (χ0) is 12.9. The van der Waals surface area contributed by atoms with Crippen LogP contribution >= 0.6 is 0 Å². The topological polar surface area (TPSA) is 60.2 Å². The van der Waals surface area contributed by atoms with E-state index in [9.17, 15) is 0 Å². The van der Waals surface area contributed by atoms with Crippen LogP contribution < -0.4 is 5.32 Å². The molecule has 0 aliphatic rings. The minimum Gasteiger partial charge on any atom is -0.367 e. The van der Waals surface area contributed by atoms with Gasteiger partial charge in [-0.3, -0.25) is 0 Å². The van der Waals surface area contributed by atoms with Crippen molar-refractivity contribution in [2.45, 2.75) is 52.2 Å². The minimum absolute atomic E-state index is 0.0595. The molecule has 0 aromatic carbocycles. The van der Waals surface area contributed by atoms with Gasteiger partial charge in [-0.2, -0.15) is 4.98 Å². The normalized spacial score (nSPS) is 13.9. The van der Waals surface area contributed by atoms with E-state index in [-0.39, 0.29) is 6.04 Å². The van der Waals surface area contributed by atoms with Gasteiger partial charge >= 0.3 is 0 Å². The average Bonchev–Trinajstić information content (AvgIpc) is 2.85. The van der Waals surface area contributed by atoms with Gasteiger partial charge in [0.05, 0.1) is 6.04 Å². The molecule has 0 fully saturated rings. The summed E-state index contributed by atoms with van der Waals surface area (Å²) in [7, 11) is 1.87. The standard InChI is InChI=1S/C12H23N3O2/c1-6-12(7-2,16-8-3)11-14-10(17-15-11)9(4)13-5/h9,13H,6-8H2,1-5H3. The van der Waals surface area contributed by atoms with E-state index < -0.39 is 5.60 Å². The van der Waals surface area contributed by atoms with Crippen LogP contribution in [0.2, 0.25) is 0 Å². The first-order valence-electron chi connectivity index (χ1n) is 6.28. The van der Waals surface area contributed by atoms with Gasteiger partial charge in [0.25, 0.3) is 0 Å². The molecule has 1 heterocycles. The van der Waals surface area contributed by atoms with Crippen LogP contribution in [0.3, 0.4) is 0 Å². The highest BCUT2D eigenvalue weighted by Crippen LogP contribution is 2.31. The minimum atomic E-state index is -0.413. The van der Waals surface area contributed by atoms with Crippen LogP contribution in [0.1, 0.15) is 58.3 Å². The molecule has 0 spiro atoms. The first-order valence-corrected chi connectivity index (χ1v) is 6.28. The molecule has 0 saturated carbocycles. The van der Waals surface area contributed by atoms with Crippen molar-refractivity contribution in [3.63, 3.8) is 0 Å². The maximum absolute atomic E-state index is 5.84. The lowest BCUT2D eigenvalue weighted by atomic mass is 9.96. The summed E-state index contributed by atoms with van der Waals surface area (Å²) in [6.45, 7) is 8.77. The Kier molecular flexibility index (Phi) is 5.08. The zero-order valence-electron chi connectivity index (χ0n) is 11.4. The van der Waals surface area contributed by atoms with Crippen LogP contribution in [-0.4, -0.2) is 23.8 Å². The van der Waals surface area contributed by atoms with E-state index in [2.05, 4.69) is 29.3 Å². The molecule has 0 bridgehead atoms. The Morgan fingerprint density at radius 3 is 2.47 bits per heavy atom. The van der Waals surface area contributed by atoms with Gasteiger partial charge in [0.1, 0.15) is 5.60 Å². The van der Waals surface area contributed by atoms with Gasteiger partial charge < -0.3 is 14.6 Å². The summed E-state index contributed by atoms with van der Waals surface area (Å²) < 4.78 is 11.1. The molecule has 98 valence electrons. The van der Waals surface area contributed by atoms with Crippen molar-refractivity contribution in [1.82, 2.24) is 15.5 Å². The van der Waals surface area contributed by atoms with Crippen LogP contribution in [-0.2, 0) is 10.3 Å². The third-order valence-electron chi connectivity index (χ3n) is 3.22. The van der Waals surface area contributed by atoms with Crippen LogP contribution in [0, 0.1) is 0 Å². The van der Waals surface area contributed by atoms with Crippen molar-refractivity contribution in [2.75, 3.05) is 13.7 Å². The molecule has 0 aliphatic heterocycles. The number of nitrogens with one attached hydrogen (secondary N) is 1. The van der Waals surface area contributed by atoms with Gasteiger partial charge in [-0.1, -0.05) is 19.0 Å². The lowest BCUT2D eigenvalue weighted by Gasteiger charge is -2.27. The second-order valence-electron chi connectivity index (χ2n) is 4.10. The summed E-state index contributed by atoms with van der Waals surface area (Å²) >= 11 is 0. The summed E-state index contributed by atoms with van der Waals surface area (Å²) in [5.74, 6) is 1.26. The molecule has 1 unspecified atom stereocenters. The molecule has 0 amide bonds. The van der Waals surface area contributed by atoms with E-state index in [0.717, 1.165) is 12.8 Å². The largest absolute Gasteiger partial charge is 0.367 e. The fourth-order valence-corrected chi connectivity index (χ4v) is 1.83. The fourth-order valence-electron chi connectivity index (χ4n) is 1.83. The molecule has 17 heavy (non-hydrogen) atoms. The van der Waals surface area contributed by atoms with Gasteiger partial charge in [0.2, 0.25) is 11.7 Å². The smallest absolute Gasteiger partial charge is 0.243 e. The molecule has 1 aromatic heterocycles.